The fourth-order valence-corrected chi connectivity index (χ4v) is 3.13. The molecular weight excluding hydrogens is 284 g/mol. The van der Waals surface area contributed by atoms with Crippen LogP contribution in [0.1, 0.15) is 32.1 Å². The lowest BCUT2D eigenvalue weighted by atomic mass is 9.98. The zero-order chi connectivity index (χ0) is 15.5. The maximum atomic E-state index is 4.93. The van der Waals surface area contributed by atoms with E-state index < -0.39 is 0 Å². The molecule has 3 aromatic rings. The number of hydrogen-bond donors (Lipinski definition) is 0. The molecule has 1 aliphatic carbocycles. The Bertz CT molecular complexity index is 789. The molecule has 0 spiro atoms. The number of rotatable bonds is 3. The zero-order valence-electron chi connectivity index (χ0n) is 13.1. The van der Waals surface area contributed by atoms with Crippen molar-refractivity contribution in [1.29, 1.82) is 0 Å². The first-order valence-corrected chi connectivity index (χ1v) is 8.25. The van der Waals surface area contributed by atoms with E-state index in [1.165, 1.54) is 25.0 Å². The van der Waals surface area contributed by atoms with Gasteiger partial charge in [0, 0.05) is 18.1 Å². The zero-order valence-corrected chi connectivity index (χ0v) is 13.1. The van der Waals surface area contributed by atoms with Crippen LogP contribution < -0.4 is 0 Å². The van der Waals surface area contributed by atoms with Crippen molar-refractivity contribution in [2.45, 2.75) is 32.1 Å². The highest BCUT2D eigenvalue weighted by Gasteiger charge is 2.15. The van der Waals surface area contributed by atoms with Crippen molar-refractivity contribution >= 4 is 11.4 Å². The summed E-state index contributed by atoms with van der Waals surface area (Å²) < 4.78 is 4.05. The lowest BCUT2D eigenvalue weighted by Crippen LogP contribution is -2.06. The molecule has 0 bridgehead atoms. The molecule has 4 rings (SSSR count). The predicted molar refractivity (Wildman–Crippen MR) is 93.1 cm³/mol. The summed E-state index contributed by atoms with van der Waals surface area (Å²) in [5.74, 6) is 0.999. The van der Waals surface area contributed by atoms with Gasteiger partial charge in [-0.1, -0.05) is 24.6 Å². The highest BCUT2D eigenvalue weighted by molar-refractivity contribution is 5.88. The first-order chi connectivity index (χ1) is 11.4. The molecule has 1 aliphatic rings. The number of nitrogens with zero attached hydrogens (tertiary/aromatic N) is 4. The minimum Gasteiger partial charge on any atom is -0.307 e. The Labute approximate surface area is 136 Å². The number of hydrogen-bond acceptors (Lipinski definition) is 2. The summed E-state index contributed by atoms with van der Waals surface area (Å²) in [5, 5.41) is 4.60. The highest BCUT2D eigenvalue weighted by Crippen LogP contribution is 2.28. The van der Waals surface area contributed by atoms with Gasteiger partial charge in [0.05, 0.1) is 11.9 Å². The van der Waals surface area contributed by atoms with E-state index in [4.69, 9.17) is 4.99 Å². The lowest BCUT2D eigenvalue weighted by Gasteiger charge is -2.13. The smallest absolute Gasteiger partial charge is 0.166 e. The second kappa shape index (κ2) is 6.24. The summed E-state index contributed by atoms with van der Waals surface area (Å²) in [4.78, 5) is 4.93. The average Bonchev–Trinajstić information content (AvgIpc) is 3.26. The topological polar surface area (TPSA) is 35.1 Å². The largest absolute Gasteiger partial charge is 0.307 e. The van der Waals surface area contributed by atoms with E-state index in [2.05, 4.69) is 21.8 Å². The van der Waals surface area contributed by atoms with Crippen molar-refractivity contribution in [1.82, 2.24) is 14.3 Å². The Kier molecular flexibility index (Phi) is 3.80. The number of para-hydroxylation sites is 1. The van der Waals surface area contributed by atoms with Gasteiger partial charge in [-0.25, -0.2) is 4.68 Å². The van der Waals surface area contributed by atoms with Crippen molar-refractivity contribution in [3.8, 4) is 11.5 Å². The lowest BCUT2D eigenvalue weighted by molar-refractivity contribution is 0.667. The van der Waals surface area contributed by atoms with E-state index in [9.17, 15) is 0 Å². The molecule has 116 valence electrons. The summed E-state index contributed by atoms with van der Waals surface area (Å²) in [6, 6.07) is 14.3. The van der Waals surface area contributed by atoms with Gasteiger partial charge in [-0.15, -0.1) is 0 Å². The number of benzene rings is 1. The van der Waals surface area contributed by atoms with Gasteiger partial charge in [-0.05, 0) is 49.9 Å². The SMILES string of the molecule is c1ccc(-n2ncc(N=C3CCCCC3)c2-n2cccc2)cc1. The summed E-state index contributed by atoms with van der Waals surface area (Å²) in [5.41, 5.74) is 3.30. The molecular formula is C19H20N4. The normalized spacial score (nSPS) is 14.9. The molecule has 1 fully saturated rings. The predicted octanol–water partition coefficient (Wildman–Crippen LogP) is 4.70. The third-order valence-electron chi connectivity index (χ3n) is 4.28. The molecule has 2 heterocycles. The van der Waals surface area contributed by atoms with E-state index in [-0.39, 0.29) is 0 Å². The van der Waals surface area contributed by atoms with Crippen LogP contribution in [0.15, 0.2) is 66.0 Å². The molecule has 0 unspecified atom stereocenters. The molecule has 2 aromatic heterocycles. The van der Waals surface area contributed by atoms with Crippen LogP contribution in [0.4, 0.5) is 5.69 Å². The summed E-state index contributed by atoms with van der Waals surface area (Å²) in [6.07, 6.45) is 12.0. The Morgan fingerprint density at radius 1 is 0.870 bits per heavy atom. The van der Waals surface area contributed by atoms with Gasteiger partial charge in [-0.2, -0.15) is 5.10 Å². The average molecular weight is 304 g/mol. The summed E-state index contributed by atoms with van der Waals surface area (Å²) in [7, 11) is 0. The van der Waals surface area contributed by atoms with Crippen molar-refractivity contribution in [3.05, 3.63) is 61.1 Å². The van der Waals surface area contributed by atoms with Crippen LogP contribution in [0.25, 0.3) is 11.5 Å². The number of aliphatic imine (C=N–C) groups is 1. The first kappa shape index (κ1) is 14.0. The van der Waals surface area contributed by atoms with Crippen LogP contribution in [0.3, 0.4) is 0 Å². The molecule has 0 aliphatic heterocycles. The van der Waals surface area contributed by atoms with Gasteiger partial charge in [0.25, 0.3) is 0 Å². The fourth-order valence-electron chi connectivity index (χ4n) is 3.13. The van der Waals surface area contributed by atoms with Gasteiger partial charge in [0.15, 0.2) is 5.82 Å². The van der Waals surface area contributed by atoms with Gasteiger partial charge < -0.3 is 4.57 Å². The third-order valence-corrected chi connectivity index (χ3v) is 4.28. The van der Waals surface area contributed by atoms with Crippen LogP contribution in [-0.2, 0) is 0 Å². The molecule has 0 atom stereocenters. The minimum absolute atomic E-state index is 0.946. The fraction of sp³-hybridized carbons (Fsp3) is 0.263. The second-order valence-corrected chi connectivity index (χ2v) is 5.93. The van der Waals surface area contributed by atoms with Crippen molar-refractivity contribution < 1.29 is 0 Å². The van der Waals surface area contributed by atoms with E-state index in [1.54, 1.807) is 0 Å². The maximum absolute atomic E-state index is 4.93. The quantitative estimate of drug-likeness (QED) is 0.690. The van der Waals surface area contributed by atoms with Crippen LogP contribution in [0, 0.1) is 0 Å². The molecule has 4 nitrogen and oxygen atoms in total. The van der Waals surface area contributed by atoms with Crippen LogP contribution in [0.2, 0.25) is 0 Å². The van der Waals surface area contributed by atoms with E-state index >= 15 is 0 Å². The Hall–Kier alpha value is -2.62. The third kappa shape index (κ3) is 2.84. The Balaban J connectivity index is 1.82. The Morgan fingerprint density at radius 3 is 2.35 bits per heavy atom. The van der Waals surface area contributed by atoms with E-state index in [1.807, 2.05) is 53.6 Å². The Morgan fingerprint density at radius 2 is 1.61 bits per heavy atom. The van der Waals surface area contributed by atoms with Gasteiger partial charge in [0.2, 0.25) is 0 Å². The molecule has 0 N–H and O–H groups in total. The van der Waals surface area contributed by atoms with E-state index in [0.29, 0.717) is 0 Å². The molecule has 0 amide bonds. The molecule has 23 heavy (non-hydrogen) atoms. The van der Waals surface area contributed by atoms with Crippen molar-refractivity contribution in [3.63, 3.8) is 0 Å². The van der Waals surface area contributed by atoms with Crippen LogP contribution in [0.5, 0.6) is 0 Å². The van der Waals surface area contributed by atoms with E-state index in [0.717, 1.165) is 30.0 Å². The van der Waals surface area contributed by atoms with Crippen molar-refractivity contribution in [2.75, 3.05) is 0 Å². The second-order valence-electron chi connectivity index (χ2n) is 5.93. The highest BCUT2D eigenvalue weighted by atomic mass is 15.3. The van der Waals surface area contributed by atoms with Gasteiger partial charge in [0.1, 0.15) is 5.69 Å². The molecule has 0 saturated heterocycles. The maximum Gasteiger partial charge on any atom is 0.166 e. The monoisotopic (exact) mass is 304 g/mol. The summed E-state index contributed by atoms with van der Waals surface area (Å²) in [6.45, 7) is 0. The molecule has 1 saturated carbocycles. The first-order valence-electron chi connectivity index (χ1n) is 8.25. The van der Waals surface area contributed by atoms with Crippen LogP contribution in [-0.4, -0.2) is 20.1 Å². The van der Waals surface area contributed by atoms with Gasteiger partial charge in [-0.3, -0.25) is 4.99 Å². The van der Waals surface area contributed by atoms with Crippen molar-refractivity contribution in [2.24, 2.45) is 4.99 Å². The molecule has 0 radical (unpaired) electrons. The number of aromatic nitrogens is 3. The molecule has 4 heteroatoms. The molecule has 1 aromatic carbocycles. The van der Waals surface area contributed by atoms with Gasteiger partial charge >= 0.3 is 0 Å². The van der Waals surface area contributed by atoms with Crippen LogP contribution >= 0.6 is 0 Å². The standard InChI is InChI=1S/C19H20N4/c1-3-9-16(10-4-1)21-18-15-20-23(17-11-5-2-6-12-17)19(18)22-13-7-8-14-22/h2,5-8,11-15H,1,3-4,9-10H2. The summed E-state index contributed by atoms with van der Waals surface area (Å²) >= 11 is 0. The minimum atomic E-state index is 0.946.